The maximum Gasteiger partial charge on any atom is 0.165 e. The van der Waals surface area contributed by atoms with E-state index < -0.39 is 17.6 Å². The number of carbonyl (C=O) groups is 1. The molecule has 3 aliphatic heterocycles. The van der Waals surface area contributed by atoms with Gasteiger partial charge in [0.1, 0.15) is 12.2 Å². The van der Waals surface area contributed by atoms with Gasteiger partial charge in [0.25, 0.3) is 0 Å². The second-order valence-electron chi connectivity index (χ2n) is 14.5. The maximum atomic E-state index is 13.9. The van der Waals surface area contributed by atoms with Crippen LogP contribution < -0.4 is 4.74 Å². The highest BCUT2D eigenvalue weighted by Gasteiger charge is 2.64. The van der Waals surface area contributed by atoms with E-state index in [0.717, 1.165) is 69.4 Å². The number of likely N-dealkylation sites (N-methyl/N-ethyl adjacent to an activating group) is 1. The molecule has 0 aromatic heterocycles. The van der Waals surface area contributed by atoms with Crippen LogP contribution in [0.25, 0.3) is 17.7 Å². The molecular weight excluding hydrogens is 584 g/mol. The van der Waals surface area contributed by atoms with Gasteiger partial charge in [-0.1, -0.05) is 78.4 Å². The SMILES string of the molecule is CN1CC[C@]23c4c5c(C(=O)CCCN6CCC(=C7c8ccccc8C=Cc8ccccc87)CC6)cc(O)c4O[C@H]2[C@@H](O)C=C[C@H]3[C@H]1C5. The Kier molecular flexibility index (Phi) is 6.86. The van der Waals surface area contributed by atoms with Gasteiger partial charge in [0.15, 0.2) is 17.3 Å². The average molecular weight is 627 g/mol. The zero-order chi connectivity index (χ0) is 31.9. The van der Waals surface area contributed by atoms with E-state index in [1.165, 1.54) is 33.4 Å². The monoisotopic (exact) mass is 626 g/mol. The van der Waals surface area contributed by atoms with E-state index in [2.05, 4.69) is 83.6 Å². The minimum absolute atomic E-state index is 0.0349. The standard InChI is InChI=1S/C41H42N2O4/c1-42-22-18-41-32-14-15-35(45)40(41)47-39-36(46)24-30(31(38(39)41)23-33(32)42)34(44)11-6-19-43-20-16-27(17-21-43)37-28-9-4-2-7-25(28)12-13-26-8-3-5-10-29(26)37/h2-5,7-10,12-15,24,32-33,35,40,45-46H,6,11,16-23H2,1H3/t32-,33+,35-,40-,41-/m0/s1. The highest BCUT2D eigenvalue weighted by molar-refractivity contribution is 5.99. The van der Waals surface area contributed by atoms with Crippen LogP contribution in [0.5, 0.6) is 11.5 Å². The molecule has 0 unspecified atom stereocenters. The van der Waals surface area contributed by atoms with Gasteiger partial charge in [-0.3, -0.25) is 4.79 Å². The number of rotatable bonds is 5. The molecular formula is C41H42N2O4. The lowest BCUT2D eigenvalue weighted by molar-refractivity contribution is -0.0453. The first-order valence-electron chi connectivity index (χ1n) is 17.4. The quantitative estimate of drug-likeness (QED) is 0.202. The number of hydrogen-bond donors (Lipinski definition) is 2. The largest absolute Gasteiger partial charge is 0.504 e. The molecule has 0 saturated carbocycles. The molecule has 3 aromatic carbocycles. The summed E-state index contributed by atoms with van der Waals surface area (Å²) in [6.07, 6.45) is 12.3. The molecule has 3 aromatic rings. The number of carbonyl (C=O) groups excluding carboxylic acids is 1. The first-order valence-corrected chi connectivity index (χ1v) is 17.4. The lowest BCUT2D eigenvalue weighted by Gasteiger charge is -2.56. The Morgan fingerprint density at radius 3 is 2.40 bits per heavy atom. The number of aliphatic hydroxyl groups excluding tert-OH is 1. The molecule has 2 fully saturated rings. The highest BCUT2D eigenvalue weighted by Crippen LogP contribution is 2.63. The minimum Gasteiger partial charge on any atom is -0.504 e. The number of ether oxygens (including phenoxy) is 1. The van der Waals surface area contributed by atoms with Gasteiger partial charge < -0.3 is 24.7 Å². The summed E-state index contributed by atoms with van der Waals surface area (Å²) in [5.41, 5.74) is 10.4. The van der Waals surface area contributed by atoms with E-state index in [1.807, 2.05) is 6.08 Å². The molecule has 3 heterocycles. The third-order valence-corrected chi connectivity index (χ3v) is 12.2. The van der Waals surface area contributed by atoms with E-state index in [9.17, 15) is 15.0 Å². The van der Waals surface area contributed by atoms with Gasteiger partial charge in [-0.05, 0) is 91.7 Å². The number of nitrogens with zero attached hydrogens (tertiary/aromatic N) is 2. The summed E-state index contributed by atoms with van der Waals surface area (Å²) in [7, 11) is 2.17. The Labute approximate surface area is 276 Å². The number of phenolic OH excluding ortho intramolecular Hbond substituents is 1. The van der Waals surface area contributed by atoms with Gasteiger partial charge in [0.2, 0.25) is 0 Å². The molecule has 47 heavy (non-hydrogen) atoms. The molecule has 6 nitrogen and oxygen atoms in total. The molecule has 6 heteroatoms. The summed E-state index contributed by atoms with van der Waals surface area (Å²) in [6, 6.07) is 19.4. The van der Waals surface area contributed by atoms with Crippen molar-refractivity contribution >= 4 is 23.5 Å². The molecule has 0 radical (unpaired) electrons. The summed E-state index contributed by atoms with van der Waals surface area (Å²) >= 11 is 0. The molecule has 2 N–H and O–H groups in total. The molecule has 5 atom stereocenters. The lowest BCUT2D eigenvalue weighted by Crippen LogP contribution is -2.64. The zero-order valence-electron chi connectivity index (χ0n) is 27.0. The number of phenols is 1. The Balaban J connectivity index is 0.925. The molecule has 0 amide bonds. The third kappa shape index (κ3) is 4.38. The van der Waals surface area contributed by atoms with Gasteiger partial charge in [-0.15, -0.1) is 0 Å². The summed E-state index contributed by atoms with van der Waals surface area (Å²) in [4.78, 5) is 18.8. The number of piperidine rings is 2. The predicted molar refractivity (Wildman–Crippen MR) is 185 cm³/mol. The Hall–Kier alpha value is -3.97. The fourth-order valence-corrected chi connectivity index (χ4v) is 9.91. The van der Waals surface area contributed by atoms with Crippen molar-refractivity contribution in [2.24, 2.45) is 5.92 Å². The topological polar surface area (TPSA) is 73.2 Å². The zero-order valence-corrected chi connectivity index (χ0v) is 27.0. The van der Waals surface area contributed by atoms with E-state index >= 15 is 0 Å². The first kappa shape index (κ1) is 29.2. The fraction of sp³-hybridized carbons (Fsp3) is 0.390. The van der Waals surface area contributed by atoms with E-state index in [-0.39, 0.29) is 23.5 Å². The number of ketones is 1. The van der Waals surface area contributed by atoms with E-state index in [4.69, 9.17) is 4.74 Å². The van der Waals surface area contributed by atoms with Crippen LogP contribution in [0, 0.1) is 5.92 Å². The van der Waals surface area contributed by atoms with E-state index in [0.29, 0.717) is 17.7 Å². The summed E-state index contributed by atoms with van der Waals surface area (Å²) in [5.74, 6) is 0.823. The van der Waals surface area contributed by atoms with Crippen molar-refractivity contribution in [2.45, 2.75) is 62.2 Å². The predicted octanol–water partition coefficient (Wildman–Crippen LogP) is 6.24. The van der Waals surface area contributed by atoms with Crippen LogP contribution in [0.4, 0.5) is 0 Å². The summed E-state index contributed by atoms with van der Waals surface area (Å²) in [6.45, 7) is 3.77. The van der Waals surface area contributed by atoms with Crippen LogP contribution in [0.3, 0.4) is 0 Å². The number of aliphatic hydroxyl groups is 1. The van der Waals surface area contributed by atoms with Crippen molar-refractivity contribution in [1.29, 1.82) is 0 Å². The van der Waals surface area contributed by atoms with Crippen molar-refractivity contribution in [2.75, 3.05) is 33.2 Å². The van der Waals surface area contributed by atoms with Crippen molar-refractivity contribution in [1.82, 2.24) is 9.80 Å². The van der Waals surface area contributed by atoms with Crippen LogP contribution in [0.2, 0.25) is 0 Å². The number of Topliss-reactive ketones (excluding diaryl/α,β-unsaturated/α-hetero) is 1. The van der Waals surface area contributed by atoms with Gasteiger partial charge in [0.05, 0.1) is 0 Å². The van der Waals surface area contributed by atoms with E-state index in [1.54, 1.807) is 6.07 Å². The minimum atomic E-state index is -0.725. The Morgan fingerprint density at radius 1 is 0.979 bits per heavy atom. The summed E-state index contributed by atoms with van der Waals surface area (Å²) in [5, 5.41) is 22.1. The molecule has 3 aliphatic carbocycles. The molecule has 1 spiro atoms. The number of benzene rings is 3. The third-order valence-electron chi connectivity index (χ3n) is 12.2. The van der Waals surface area contributed by atoms with Gasteiger partial charge in [-0.25, -0.2) is 0 Å². The van der Waals surface area contributed by atoms with Crippen molar-refractivity contribution in [3.63, 3.8) is 0 Å². The second kappa shape index (κ2) is 11.0. The fourth-order valence-electron chi connectivity index (χ4n) is 9.91. The Bertz CT molecular complexity index is 1830. The molecule has 2 saturated heterocycles. The van der Waals surface area contributed by atoms with Crippen LogP contribution >= 0.6 is 0 Å². The van der Waals surface area contributed by atoms with Crippen LogP contribution in [-0.4, -0.2) is 77.3 Å². The average Bonchev–Trinajstić information content (AvgIpc) is 3.35. The molecule has 240 valence electrons. The van der Waals surface area contributed by atoms with Crippen molar-refractivity contribution in [3.8, 4) is 11.5 Å². The van der Waals surface area contributed by atoms with Crippen LogP contribution in [0.1, 0.15) is 75.8 Å². The van der Waals surface area contributed by atoms with Crippen molar-refractivity contribution < 1.29 is 19.7 Å². The number of aromatic hydroxyl groups is 1. The normalized spacial score (nSPS) is 28.7. The smallest absolute Gasteiger partial charge is 0.165 e. The van der Waals surface area contributed by atoms with Gasteiger partial charge >= 0.3 is 0 Å². The molecule has 2 bridgehead atoms. The number of fused-ring (bicyclic) bond motifs is 2. The lowest BCUT2D eigenvalue weighted by atomic mass is 9.53. The Morgan fingerprint density at radius 2 is 1.68 bits per heavy atom. The van der Waals surface area contributed by atoms with Crippen LogP contribution in [-0.2, 0) is 11.8 Å². The highest BCUT2D eigenvalue weighted by atomic mass is 16.5. The van der Waals surface area contributed by atoms with Gasteiger partial charge in [0, 0.05) is 48.0 Å². The first-order chi connectivity index (χ1) is 22.9. The molecule has 9 rings (SSSR count). The number of likely N-dealkylation sites (tertiary alicyclic amines) is 2. The molecule has 6 aliphatic rings. The maximum absolute atomic E-state index is 13.9. The van der Waals surface area contributed by atoms with Crippen molar-refractivity contribution in [3.05, 3.63) is 111 Å². The number of hydrogen-bond acceptors (Lipinski definition) is 6. The second-order valence-corrected chi connectivity index (χ2v) is 14.5. The summed E-state index contributed by atoms with van der Waals surface area (Å²) < 4.78 is 6.36. The van der Waals surface area contributed by atoms with Gasteiger partial charge in [-0.2, -0.15) is 0 Å². The van der Waals surface area contributed by atoms with Crippen LogP contribution in [0.15, 0.2) is 72.3 Å².